The summed E-state index contributed by atoms with van der Waals surface area (Å²) < 4.78 is 0. The highest BCUT2D eigenvalue weighted by atomic mass is 16.1. The first kappa shape index (κ1) is 30.5. The zero-order valence-electron chi connectivity index (χ0n) is 28.4. The molecule has 0 amide bonds. The molecule has 0 bridgehead atoms. The van der Waals surface area contributed by atoms with Crippen molar-refractivity contribution in [2.24, 2.45) is 34.5 Å². The Bertz CT molecular complexity index is 1500. The van der Waals surface area contributed by atoms with Crippen LogP contribution in [0.2, 0.25) is 0 Å². The monoisotopic (exact) mass is 624 g/mol. The number of aromatic nitrogens is 2. The molecule has 0 radical (unpaired) electrons. The first-order valence-electron chi connectivity index (χ1n) is 18.2. The van der Waals surface area contributed by atoms with Gasteiger partial charge in [-0.05, 0) is 107 Å². The average molecular weight is 625 g/mol. The highest BCUT2D eigenvalue weighted by Gasteiger charge is 2.64. The Hall–Kier alpha value is -2.84. The van der Waals surface area contributed by atoms with E-state index in [4.69, 9.17) is 9.97 Å². The highest BCUT2D eigenvalue weighted by molar-refractivity contribution is 6.30. The molecule has 2 saturated carbocycles. The summed E-state index contributed by atoms with van der Waals surface area (Å²) in [6, 6.07) is 2.00. The quantitative estimate of drug-likeness (QED) is 0.472. The van der Waals surface area contributed by atoms with Crippen LogP contribution in [0.15, 0.2) is 47.1 Å². The molecule has 3 saturated heterocycles. The smallest absolute Gasteiger partial charge is 0.214 e. The molecule has 1 unspecified atom stereocenters. The van der Waals surface area contributed by atoms with E-state index in [1.165, 1.54) is 29.7 Å². The van der Waals surface area contributed by atoms with Gasteiger partial charge in [-0.15, -0.1) is 0 Å². The van der Waals surface area contributed by atoms with Crippen LogP contribution in [0.25, 0.3) is 5.57 Å². The van der Waals surface area contributed by atoms with E-state index in [0.717, 1.165) is 95.7 Å². The summed E-state index contributed by atoms with van der Waals surface area (Å²) in [4.78, 5) is 45.9. The van der Waals surface area contributed by atoms with E-state index in [-0.39, 0.29) is 23.2 Å². The Labute approximate surface area is 274 Å². The molecule has 1 aromatic heterocycles. The van der Waals surface area contributed by atoms with Gasteiger partial charge in [0.1, 0.15) is 11.5 Å². The van der Waals surface area contributed by atoms with Crippen molar-refractivity contribution in [2.75, 3.05) is 52.4 Å². The fourth-order valence-electron chi connectivity index (χ4n) is 11.8. The summed E-state index contributed by atoms with van der Waals surface area (Å²) >= 11 is 0. The van der Waals surface area contributed by atoms with Gasteiger partial charge in [-0.2, -0.15) is 0 Å². The molecule has 7 aliphatic rings. The number of likely N-dealkylation sites (tertiary alicyclic amines) is 2. The molecule has 7 atom stereocenters. The van der Waals surface area contributed by atoms with Crippen molar-refractivity contribution < 1.29 is 9.59 Å². The molecule has 8 nitrogen and oxygen atoms in total. The molecule has 1 aromatic rings. The largest absolute Gasteiger partial charge is 0.370 e. The Morgan fingerprint density at radius 2 is 1.61 bits per heavy atom. The molecular weight excluding hydrogens is 572 g/mol. The lowest BCUT2D eigenvalue weighted by Gasteiger charge is -2.59. The van der Waals surface area contributed by atoms with Crippen molar-refractivity contribution in [3.8, 4) is 0 Å². The van der Waals surface area contributed by atoms with Crippen molar-refractivity contribution >= 4 is 17.1 Å². The van der Waals surface area contributed by atoms with Gasteiger partial charge in [-0.3, -0.25) is 14.5 Å². The zero-order valence-corrected chi connectivity index (χ0v) is 28.4. The lowest BCUT2D eigenvalue weighted by Crippen LogP contribution is -2.58. The molecule has 5 fully saturated rings. The number of ketones is 2. The number of carbonyl (C=O) groups is 2. The van der Waals surface area contributed by atoms with Crippen LogP contribution in [0, 0.1) is 34.5 Å². The predicted octanol–water partition coefficient (Wildman–Crippen LogP) is 4.71. The molecule has 0 spiro atoms. The van der Waals surface area contributed by atoms with Crippen LogP contribution in [0.4, 0.5) is 0 Å². The number of hydrogen-bond donors (Lipinski definition) is 1. The summed E-state index contributed by atoms with van der Waals surface area (Å²) in [7, 11) is 0. The molecule has 1 N–H and O–H groups in total. The van der Waals surface area contributed by atoms with Crippen LogP contribution in [0.3, 0.4) is 0 Å². The number of fused-ring (bicyclic) bond motifs is 5. The second-order valence-corrected chi connectivity index (χ2v) is 15.8. The van der Waals surface area contributed by atoms with Crippen molar-refractivity contribution in [1.29, 1.82) is 0 Å². The maximum absolute atomic E-state index is 15.3. The third-order valence-corrected chi connectivity index (χ3v) is 13.4. The van der Waals surface area contributed by atoms with E-state index in [9.17, 15) is 4.79 Å². The number of rotatable bonds is 5. The molecule has 46 heavy (non-hydrogen) atoms. The third-order valence-electron chi connectivity index (χ3n) is 13.4. The summed E-state index contributed by atoms with van der Waals surface area (Å²) in [5.74, 6) is 2.39. The van der Waals surface area contributed by atoms with Crippen molar-refractivity contribution in [3.63, 3.8) is 0 Å². The van der Waals surface area contributed by atoms with Gasteiger partial charge >= 0.3 is 0 Å². The second-order valence-electron chi connectivity index (χ2n) is 15.8. The van der Waals surface area contributed by atoms with Gasteiger partial charge in [0.15, 0.2) is 5.82 Å². The number of hydrogen-bond acceptors (Lipinski definition) is 8. The van der Waals surface area contributed by atoms with Gasteiger partial charge < -0.3 is 15.1 Å². The first-order valence-corrected chi connectivity index (χ1v) is 18.2. The van der Waals surface area contributed by atoms with E-state index >= 15 is 4.79 Å². The summed E-state index contributed by atoms with van der Waals surface area (Å²) in [6.45, 7) is 16.7. The lowest BCUT2D eigenvalue weighted by molar-refractivity contribution is -0.126. The van der Waals surface area contributed by atoms with E-state index in [2.05, 4.69) is 46.9 Å². The fraction of sp³-hybridized carbons (Fsp3) is 0.684. The van der Waals surface area contributed by atoms with Gasteiger partial charge in [0.05, 0.1) is 16.7 Å². The van der Waals surface area contributed by atoms with Crippen molar-refractivity contribution in [2.45, 2.75) is 78.7 Å². The van der Waals surface area contributed by atoms with Crippen LogP contribution >= 0.6 is 0 Å². The topological polar surface area (TPSA) is 81.7 Å². The first-order chi connectivity index (χ1) is 22.2. The highest BCUT2D eigenvalue weighted by Crippen LogP contribution is 2.68. The maximum atomic E-state index is 15.3. The Morgan fingerprint density at radius 1 is 0.935 bits per heavy atom. The molecule has 8 heteroatoms. The van der Waals surface area contributed by atoms with Crippen LogP contribution in [-0.2, 0) is 9.59 Å². The van der Waals surface area contributed by atoms with Crippen LogP contribution in [0.1, 0.15) is 78.5 Å². The molecule has 0 aromatic carbocycles. The standard InChI is InChI=1S/C38H52N6O2/c1-24-22-28-26-23-29(42-16-5-6-17-42)32-30(36-40-12-9-13-41-36)34(46)33(43-18-7-8-19-43)35(44-20-14-39-15-21-44)38(32,4)27(26)10-11-37(28,3)31(24)25(2)45/h9-10,12-13,24,26,28-29,31,39H,5-8,11,14-23H2,1-4H3/t24-,26-,28+,29?,31-,37+,38-/m1/s1. The number of carbonyl (C=O) groups excluding carboxylic acids is 2. The molecule has 3 aliphatic heterocycles. The minimum atomic E-state index is -0.452. The zero-order chi connectivity index (χ0) is 31.8. The number of piperazine rings is 1. The molecule has 8 rings (SSSR count). The average Bonchev–Trinajstić information content (AvgIpc) is 3.82. The van der Waals surface area contributed by atoms with Gasteiger partial charge in [0.25, 0.3) is 0 Å². The molecule has 4 aliphatic carbocycles. The predicted molar refractivity (Wildman–Crippen MR) is 179 cm³/mol. The van der Waals surface area contributed by atoms with Crippen LogP contribution in [-0.4, -0.2) is 94.6 Å². The van der Waals surface area contributed by atoms with Crippen molar-refractivity contribution in [1.82, 2.24) is 30.0 Å². The number of nitrogens with zero attached hydrogens (tertiary/aromatic N) is 5. The van der Waals surface area contributed by atoms with E-state index in [1.54, 1.807) is 12.4 Å². The van der Waals surface area contributed by atoms with Gasteiger partial charge in [-0.1, -0.05) is 25.5 Å². The maximum Gasteiger partial charge on any atom is 0.214 e. The van der Waals surface area contributed by atoms with E-state index in [1.807, 2.05) is 13.0 Å². The summed E-state index contributed by atoms with van der Waals surface area (Å²) in [5, 5.41) is 3.58. The Balaban J connectivity index is 1.42. The summed E-state index contributed by atoms with van der Waals surface area (Å²) in [5.41, 5.74) is 5.18. The van der Waals surface area contributed by atoms with Gasteiger partial charge in [-0.25, -0.2) is 9.97 Å². The minimum Gasteiger partial charge on any atom is -0.370 e. The van der Waals surface area contributed by atoms with Crippen LogP contribution in [0.5, 0.6) is 0 Å². The number of nitrogens with one attached hydrogen (secondary N) is 1. The molecule has 4 heterocycles. The third kappa shape index (κ3) is 4.38. The number of Topliss-reactive ketones (excluding diaryl/α,β-unsaturated/α-hetero) is 2. The fourth-order valence-corrected chi connectivity index (χ4v) is 11.8. The summed E-state index contributed by atoms with van der Waals surface area (Å²) in [6.07, 6.45) is 13.8. The van der Waals surface area contributed by atoms with Crippen LogP contribution < -0.4 is 5.32 Å². The van der Waals surface area contributed by atoms with E-state index < -0.39 is 5.41 Å². The van der Waals surface area contributed by atoms with Gasteiger partial charge in [0, 0.05) is 63.6 Å². The Morgan fingerprint density at radius 3 is 2.28 bits per heavy atom. The molecule has 246 valence electrons. The Kier molecular flexibility index (Phi) is 7.56. The number of allylic oxidation sites excluding steroid dienone is 3. The second kappa shape index (κ2) is 11.4. The van der Waals surface area contributed by atoms with Crippen molar-refractivity contribution in [3.05, 3.63) is 52.9 Å². The SMILES string of the molecule is CC(=O)[C@H]1[C@H](C)C[C@H]2[C@@H]3CC(N4CCCC4)C4=C(c5ncccn5)C(=O)C(N5CCCC5)=C(N5CCNCC5)[C@]4(C)C3=CC[C@@]21C. The minimum absolute atomic E-state index is 0.0287. The van der Waals surface area contributed by atoms with E-state index in [0.29, 0.717) is 29.4 Å². The normalized spacial score (nSPS) is 38.2. The van der Waals surface area contributed by atoms with Gasteiger partial charge in [0.2, 0.25) is 5.78 Å². The lowest BCUT2D eigenvalue weighted by atomic mass is 9.49. The molecular formula is C38H52N6O2.